The van der Waals surface area contributed by atoms with Crippen LogP contribution in [0.3, 0.4) is 0 Å². The summed E-state index contributed by atoms with van der Waals surface area (Å²) in [6.07, 6.45) is 1.53. The minimum absolute atomic E-state index is 0.0205. The highest BCUT2D eigenvalue weighted by atomic mass is 16.5. The second-order valence-corrected chi connectivity index (χ2v) is 8.50. The standard InChI is InChI=1S/C24H28N4O4/c1-31-19-7-8-20-21(15-19)32-17-27(22(20)29)14-13-26-11-9-24(10-12-26)23(30)25-16-28(24)18-5-3-2-4-6-18/h2-8,15H,9-14,16-17H2,1H3,(H,25,30). The van der Waals surface area contributed by atoms with Crippen LogP contribution in [0.25, 0.3) is 0 Å². The van der Waals surface area contributed by atoms with Crippen LogP contribution in [0.2, 0.25) is 0 Å². The van der Waals surface area contributed by atoms with Crippen molar-refractivity contribution in [1.82, 2.24) is 15.1 Å². The summed E-state index contributed by atoms with van der Waals surface area (Å²) in [5.41, 5.74) is 1.15. The largest absolute Gasteiger partial charge is 0.497 e. The molecule has 0 bridgehead atoms. The Morgan fingerprint density at radius 1 is 1.06 bits per heavy atom. The zero-order valence-electron chi connectivity index (χ0n) is 18.3. The van der Waals surface area contributed by atoms with E-state index in [1.165, 1.54) is 0 Å². The fourth-order valence-electron chi connectivity index (χ4n) is 4.91. The number of para-hydroxylation sites is 1. The van der Waals surface area contributed by atoms with E-state index in [2.05, 4.69) is 27.2 Å². The first-order valence-electron chi connectivity index (χ1n) is 11.0. The Balaban J connectivity index is 1.19. The Hall–Kier alpha value is -3.26. The van der Waals surface area contributed by atoms with Crippen LogP contribution in [-0.4, -0.2) is 73.8 Å². The molecule has 2 aromatic rings. The van der Waals surface area contributed by atoms with Gasteiger partial charge >= 0.3 is 0 Å². The van der Waals surface area contributed by atoms with Crippen LogP contribution >= 0.6 is 0 Å². The van der Waals surface area contributed by atoms with Gasteiger partial charge in [-0.05, 0) is 37.1 Å². The van der Waals surface area contributed by atoms with E-state index in [-0.39, 0.29) is 18.5 Å². The van der Waals surface area contributed by atoms with Gasteiger partial charge in [0.1, 0.15) is 17.0 Å². The molecule has 2 fully saturated rings. The Kier molecular flexibility index (Phi) is 5.38. The van der Waals surface area contributed by atoms with Crippen LogP contribution in [0.15, 0.2) is 48.5 Å². The molecule has 0 radical (unpaired) electrons. The number of hydrogen-bond donors (Lipinski definition) is 1. The van der Waals surface area contributed by atoms with Gasteiger partial charge in [0.25, 0.3) is 5.91 Å². The molecule has 3 aliphatic rings. The first-order valence-corrected chi connectivity index (χ1v) is 11.0. The van der Waals surface area contributed by atoms with Gasteiger partial charge in [0, 0.05) is 37.9 Å². The van der Waals surface area contributed by atoms with E-state index < -0.39 is 5.54 Å². The van der Waals surface area contributed by atoms with E-state index in [1.807, 2.05) is 18.2 Å². The molecule has 32 heavy (non-hydrogen) atoms. The maximum Gasteiger partial charge on any atom is 0.260 e. The van der Waals surface area contributed by atoms with Crippen LogP contribution in [0, 0.1) is 0 Å². The Morgan fingerprint density at radius 2 is 1.84 bits per heavy atom. The fourth-order valence-corrected chi connectivity index (χ4v) is 4.91. The molecular weight excluding hydrogens is 408 g/mol. The lowest BCUT2D eigenvalue weighted by Crippen LogP contribution is -2.57. The smallest absolute Gasteiger partial charge is 0.260 e. The lowest BCUT2D eigenvalue weighted by molar-refractivity contribution is -0.125. The van der Waals surface area contributed by atoms with Gasteiger partial charge in [-0.3, -0.25) is 9.59 Å². The van der Waals surface area contributed by atoms with Crippen molar-refractivity contribution in [2.75, 3.05) is 51.6 Å². The van der Waals surface area contributed by atoms with Gasteiger partial charge in [-0.25, -0.2) is 0 Å². The van der Waals surface area contributed by atoms with E-state index in [1.54, 1.807) is 30.2 Å². The summed E-state index contributed by atoms with van der Waals surface area (Å²) in [5.74, 6) is 1.34. The Labute approximate surface area is 187 Å². The number of carbonyl (C=O) groups is 2. The number of benzene rings is 2. The van der Waals surface area contributed by atoms with Crippen LogP contribution in [-0.2, 0) is 4.79 Å². The number of amides is 2. The molecule has 0 aliphatic carbocycles. The van der Waals surface area contributed by atoms with Gasteiger partial charge in [0.05, 0.1) is 19.3 Å². The Morgan fingerprint density at radius 3 is 2.59 bits per heavy atom. The number of piperidine rings is 1. The normalized spacial score (nSPS) is 20.2. The topological polar surface area (TPSA) is 74.4 Å². The van der Waals surface area contributed by atoms with Crippen molar-refractivity contribution in [3.63, 3.8) is 0 Å². The molecule has 0 saturated carbocycles. The average molecular weight is 437 g/mol. The summed E-state index contributed by atoms with van der Waals surface area (Å²) in [5, 5.41) is 3.04. The number of rotatable bonds is 5. The summed E-state index contributed by atoms with van der Waals surface area (Å²) in [6.45, 7) is 3.75. The van der Waals surface area contributed by atoms with Crippen molar-refractivity contribution in [1.29, 1.82) is 0 Å². The van der Waals surface area contributed by atoms with Crippen molar-refractivity contribution in [2.45, 2.75) is 18.4 Å². The number of fused-ring (bicyclic) bond motifs is 1. The molecular formula is C24H28N4O4. The third-order valence-corrected chi connectivity index (χ3v) is 6.86. The van der Waals surface area contributed by atoms with Gasteiger partial charge < -0.3 is 29.5 Å². The van der Waals surface area contributed by atoms with E-state index in [0.29, 0.717) is 30.3 Å². The monoisotopic (exact) mass is 436 g/mol. The van der Waals surface area contributed by atoms with Crippen molar-refractivity contribution >= 4 is 17.5 Å². The maximum absolute atomic E-state index is 12.9. The first-order chi connectivity index (χ1) is 15.6. The number of anilines is 1. The predicted octanol–water partition coefficient (Wildman–Crippen LogP) is 1.92. The molecule has 3 heterocycles. The summed E-state index contributed by atoms with van der Waals surface area (Å²) < 4.78 is 11.0. The number of nitrogens with one attached hydrogen (secondary N) is 1. The Bertz CT molecular complexity index is 1000. The molecule has 1 spiro atoms. The number of hydrogen-bond acceptors (Lipinski definition) is 6. The molecule has 0 atom stereocenters. The molecule has 2 saturated heterocycles. The van der Waals surface area contributed by atoms with E-state index in [4.69, 9.17) is 9.47 Å². The maximum atomic E-state index is 12.9. The van der Waals surface area contributed by atoms with Crippen molar-refractivity contribution in [2.24, 2.45) is 0 Å². The molecule has 0 aromatic heterocycles. The summed E-state index contributed by atoms with van der Waals surface area (Å²) in [4.78, 5) is 31.9. The third kappa shape index (κ3) is 3.54. The number of methoxy groups -OCH3 is 1. The first kappa shape index (κ1) is 20.6. The number of nitrogens with zero attached hydrogens (tertiary/aromatic N) is 3. The predicted molar refractivity (Wildman–Crippen MR) is 120 cm³/mol. The van der Waals surface area contributed by atoms with Gasteiger partial charge in [0.2, 0.25) is 5.91 Å². The SMILES string of the molecule is COc1ccc2c(c1)OCN(CCN1CCC3(CC1)C(=O)NCN3c1ccccc1)C2=O. The fraction of sp³-hybridized carbons (Fsp3) is 0.417. The third-order valence-electron chi connectivity index (χ3n) is 6.86. The lowest BCUT2D eigenvalue weighted by Gasteiger charge is -2.43. The second kappa shape index (κ2) is 8.35. The zero-order valence-corrected chi connectivity index (χ0v) is 18.3. The molecule has 8 heteroatoms. The minimum Gasteiger partial charge on any atom is -0.497 e. The van der Waals surface area contributed by atoms with E-state index in [9.17, 15) is 9.59 Å². The molecule has 8 nitrogen and oxygen atoms in total. The van der Waals surface area contributed by atoms with Crippen LogP contribution in [0.1, 0.15) is 23.2 Å². The van der Waals surface area contributed by atoms with Crippen LogP contribution in [0.4, 0.5) is 5.69 Å². The van der Waals surface area contributed by atoms with Crippen LogP contribution < -0.4 is 19.7 Å². The summed E-state index contributed by atoms with van der Waals surface area (Å²) >= 11 is 0. The minimum atomic E-state index is -0.486. The number of ether oxygens (including phenoxy) is 2. The molecule has 1 N–H and O–H groups in total. The quantitative estimate of drug-likeness (QED) is 0.772. The summed E-state index contributed by atoms with van der Waals surface area (Å²) in [6, 6.07) is 15.4. The molecule has 3 aliphatic heterocycles. The average Bonchev–Trinajstić information content (AvgIpc) is 3.15. The van der Waals surface area contributed by atoms with Crippen LogP contribution in [0.5, 0.6) is 11.5 Å². The molecule has 168 valence electrons. The molecule has 2 amide bonds. The van der Waals surface area contributed by atoms with Gasteiger partial charge in [0.15, 0.2) is 6.73 Å². The highest BCUT2D eigenvalue weighted by Crippen LogP contribution is 2.36. The zero-order chi connectivity index (χ0) is 22.1. The highest BCUT2D eigenvalue weighted by Gasteiger charge is 2.50. The van der Waals surface area contributed by atoms with Gasteiger partial charge in [-0.15, -0.1) is 0 Å². The number of carbonyl (C=O) groups excluding carboxylic acids is 2. The molecule has 5 rings (SSSR count). The van der Waals surface area contributed by atoms with Crippen molar-refractivity contribution in [3.05, 3.63) is 54.1 Å². The number of likely N-dealkylation sites (tertiary alicyclic amines) is 1. The van der Waals surface area contributed by atoms with Crippen molar-refractivity contribution < 1.29 is 19.1 Å². The second-order valence-electron chi connectivity index (χ2n) is 8.50. The molecule has 0 unspecified atom stereocenters. The van der Waals surface area contributed by atoms with Crippen molar-refractivity contribution in [3.8, 4) is 11.5 Å². The van der Waals surface area contributed by atoms with E-state index in [0.717, 1.165) is 38.2 Å². The van der Waals surface area contributed by atoms with Gasteiger partial charge in [-0.2, -0.15) is 0 Å². The lowest BCUT2D eigenvalue weighted by atomic mass is 9.85. The van der Waals surface area contributed by atoms with E-state index >= 15 is 0 Å². The molecule has 2 aromatic carbocycles. The summed E-state index contributed by atoms with van der Waals surface area (Å²) in [7, 11) is 1.59. The highest BCUT2D eigenvalue weighted by molar-refractivity contribution is 5.98. The van der Waals surface area contributed by atoms with Gasteiger partial charge in [-0.1, -0.05) is 18.2 Å².